The van der Waals surface area contributed by atoms with Crippen LogP contribution >= 0.6 is 0 Å². The third-order valence-electron chi connectivity index (χ3n) is 3.78. The first kappa shape index (κ1) is 14.0. The van der Waals surface area contributed by atoms with E-state index in [0.29, 0.717) is 12.1 Å². The van der Waals surface area contributed by atoms with Gasteiger partial charge in [0.2, 0.25) is 0 Å². The van der Waals surface area contributed by atoms with E-state index >= 15 is 0 Å². The Morgan fingerprint density at radius 1 is 1.18 bits per heavy atom. The highest BCUT2D eigenvalue weighted by atomic mass is 14.7. The molecule has 0 aromatic heterocycles. The van der Waals surface area contributed by atoms with E-state index in [1.165, 1.54) is 11.1 Å². The standard InChI is InChI=1S/C20H16N2/c1-2-6-18-19-11-16(13-21)9-10-17(19)12-20(18)22-14-15-7-4-3-5-8-15/h2-11H,1,12,14H2/b18-6-,22-20?. The molecule has 2 heteroatoms. The van der Waals surface area contributed by atoms with Gasteiger partial charge in [-0.25, -0.2) is 0 Å². The topological polar surface area (TPSA) is 36.1 Å². The maximum atomic E-state index is 9.08. The molecule has 2 nitrogen and oxygen atoms in total. The van der Waals surface area contributed by atoms with Gasteiger partial charge in [0, 0.05) is 17.7 Å². The van der Waals surface area contributed by atoms with Crippen molar-refractivity contribution in [2.45, 2.75) is 13.0 Å². The van der Waals surface area contributed by atoms with Gasteiger partial charge >= 0.3 is 0 Å². The van der Waals surface area contributed by atoms with E-state index in [-0.39, 0.29) is 0 Å². The van der Waals surface area contributed by atoms with E-state index in [1.54, 1.807) is 6.08 Å². The molecule has 0 spiro atoms. The normalized spacial score (nSPS) is 16.5. The molecule has 0 saturated heterocycles. The Labute approximate surface area is 130 Å². The fraction of sp³-hybridized carbons (Fsp3) is 0.100. The second-order valence-electron chi connectivity index (χ2n) is 5.23. The minimum absolute atomic E-state index is 0.670. The Balaban J connectivity index is 1.95. The largest absolute Gasteiger partial charge is 0.284 e. The van der Waals surface area contributed by atoms with Crippen LogP contribution in [-0.2, 0) is 13.0 Å². The van der Waals surface area contributed by atoms with Crippen LogP contribution in [0.5, 0.6) is 0 Å². The van der Waals surface area contributed by atoms with Gasteiger partial charge in [0.05, 0.1) is 18.2 Å². The number of fused-ring (bicyclic) bond motifs is 1. The number of benzene rings is 2. The van der Waals surface area contributed by atoms with E-state index in [9.17, 15) is 0 Å². The molecule has 0 saturated carbocycles. The summed E-state index contributed by atoms with van der Waals surface area (Å²) >= 11 is 0. The summed E-state index contributed by atoms with van der Waals surface area (Å²) in [6, 6.07) is 18.3. The fourth-order valence-electron chi connectivity index (χ4n) is 2.70. The Hall–Kier alpha value is -2.92. The molecule has 0 aliphatic heterocycles. The molecular formula is C20H16N2. The molecule has 22 heavy (non-hydrogen) atoms. The second kappa shape index (κ2) is 6.24. The molecule has 0 bridgehead atoms. The summed E-state index contributed by atoms with van der Waals surface area (Å²) in [4.78, 5) is 4.78. The Bertz CT molecular complexity index is 805. The third-order valence-corrected chi connectivity index (χ3v) is 3.78. The summed E-state index contributed by atoms with van der Waals surface area (Å²) in [6.07, 6.45) is 4.58. The summed E-state index contributed by atoms with van der Waals surface area (Å²) < 4.78 is 0. The average molecular weight is 284 g/mol. The molecule has 0 radical (unpaired) electrons. The highest BCUT2D eigenvalue weighted by Crippen LogP contribution is 2.31. The number of hydrogen-bond acceptors (Lipinski definition) is 2. The molecule has 106 valence electrons. The van der Waals surface area contributed by atoms with Crippen molar-refractivity contribution in [3.63, 3.8) is 0 Å². The van der Waals surface area contributed by atoms with Crippen molar-refractivity contribution in [3.8, 4) is 6.07 Å². The highest BCUT2D eigenvalue weighted by Gasteiger charge is 2.22. The molecule has 0 unspecified atom stereocenters. The van der Waals surface area contributed by atoms with Gasteiger partial charge in [0.15, 0.2) is 0 Å². The Morgan fingerprint density at radius 2 is 2.00 bits per heavy atom. The SMILES string of the molecule is C=C/C=C1\C(=NCc2ccccc2)Cc2ccc(C#N)cc21. The van der Waals surface area contributed by atoms with Crippen LogP contribution in [0, 0.1) is 11.3 Å². The van der Waals surface area contributed by atoms with E-state index in [2.05, 4.69) is 24.8 Å². The molecule has 1 aliphatic carbocycles. The quantitative estimate of drug-likeness (QED) is 0.826. The molecule has 1 aliphatic rings. The summed E-state index contributed by atoms with van der Waals surface area (Å²) in [5.74, 6) is 0. The first-order chi connectivity index (χ1) is 10.8. The van der Waals surface area contributed by atoms with Crippen LogP contribution in [-0.4, -0.2) is 5.71 Å². The molecular weight excluding hydrogens is 268 g/mol. The van der Waals surface area contributed by atoms with E-state index in [4.69, 9.17) is 10.3 Å². The molecule has 3 rings (SSSR count). The number of hydrogen-bond donors (Lipinski definition) is 0. The van der Waals surface area contributed by atoms with Crippen LogP contribution in [0.4, 0.5) is 0 Å². The second-order valence-corrected chi connectivity index (χ2v) is 5.23. The van der Waals surface area contributed by atoms with Crippen LogP contribution in [0.25, 0.3) is 5.57 Å². The zero-order chi connectivity index (χ0) is 15.4. The predicted molar refractivity (Wildman–Crippen MR) is 90.6 cm³/mol. The van der Waals surface area contributed by atoms with Gasteiger partial charge in [-0.05, 0) is 28.8 Å². The maximum absolute atomic E-state index is 9.08. The molecule has 0 N–H and O–H groups in total. The molecule has 0 heterocycles. The Morgan fingerprint density at radius 3 is 2.73 bits per heavy atom. The number of aliphatic imine (C=N–C) groups is 1. The summed E-state index contributed by atoms with van der Waals surface area (Å²) in [5, 5.41) is 9.08. The molecule has 2 aromatic carbocycles. The number of nitriles is 1. The lowest BCUT2D eigenvalue weighted by Crippen LogP contribution is -1.97. The van der Waals surface area contributed by atoms with Crippen molar-refractivity contribution < 1.29 is 0 Å². The summed E-state index contributed by atoms with van der Waals surface area (Å²) in [5.41, 5.74) is 6.34. The van der Waals surface area contributed by atoms with Crippen LogP contribution in [0.1, 0.15) is 22.3 Å². The lowest BCUT2D eigenvalue weighted by atomic mass is 10.0. The van der Waals surface area contributed by atoms with Gasteiger partial charge in [-0.3, -0.25) is 4.99 Å². The summed E-state index contributed by atoms with van der Waals surface area (Å²) in [6.45, 7) is 4.47. The lowest BCUT2D eigenvalue weighted by molar-refractivity contribution is 1.06. The minimum atomic E-state index is 0.670. The zero-order valence-electron chi connectivity index (χ0n) is 12.3. The monoisotopic (exact) mass is 284 g/mol. The Kier molecular flexibility index (Phi) is 3.98. The van der Waals surface area contributed by atoms with Crippen molar-refractivity contribution in [2.24, 2.45) is 4.99 Å². The number of nitrogens with zero attached hydrogens (tertiary/aromatic N) is 2. The molecule has 0 fully saturated rings. The lowest BCUT2D eigenvalue weighted by Gasteiger charge is -2.02. The average Bonchev–Trinajstić information content (AvgIpc) is 2.91. The van der Waals surface area contributed by atoms with E-state index < -0.39 is 0 Å². The van der Waals surface area contributed by atoms with Gasteiger partial charge in [-0.1, -0.05) is 55.1 Å². The number of rotatable bonds is 3. The van der Waals surface area contributed by atoms with Gasteiger partial charge in [-0.2, -0.15) is 5.26 Å². The summed E-state index contributed by atoms with van der Waals surface area (Å²) in [7, 11) is 0. The van der Waals surface area contributed by atoms with Crippen molar-refractivity contribution >= 4 is 11.3 Å². The predicted octanol–water partition coefficient (Wildman–Crippen LogP) is 4.32. The molecule has 0 amide bonds. The maximum Gasteiger partial charge on any atom is 0.0991 e. The van der Waals surface area contributed by atoms with Gasteiger partial charge in [0.25, 0.3) is 0 Å². The van der Waals surface area contributed by atoms with E-state index in [0.717, 1.165) is 23.3 Å². The third kappa shape index (κ3) is 2.75. The highest BCUT2D eigenvalue weighted by molar-refractivity contribution is 6.28. The first-order valence-corrected chi connectivity index (χ1v) is 7.25. The fourth-order valence-corrected chi connectivity index (χ4v) is 2.70. The van der Waals surface area contributed by atoms with Gasteiger partial charge in [0.1, 0.15) is 0 Å². The van der Waals surface area contributed by atoms with Crippen molar-refractivity contribution in [1.29, 1.82) is 5.26 Å². The minimum Gasteiger partial charge on any atom is -0.284 e. The van der Waals surface area contributed by atoms with Crippen molar-refractivity contribution in [3.05, 3.63) is 89.5 Å². The van der Waals surface area contributed by atoms with Crippen molar-refractivity contribution in [1.82, 2.24) is 0 Å². The van der Waals surface area contributed by atoms with Crippen LogP contribution in [0.2, 0.25) is 0 Å². The number of allylic oxidation sites excluding steroid dienone is 3. The van der Waals surface area contributed by atoms with Crippen molar-refractivity contribution in [2.75, 3.05) is 0 Å². The van der Waals surface area contributed by atoms with E-state index in [1.807, 2.05) is 42.5 Å². The first-order valence-electron chi connectivity index (χ1n) is 7.25. The van der Waals surface area contributed by atoms with Gasteiger partial charge < -0.3 is 0 Å². The zero-order valence-corrected chi connectivity index (χ0v) is 12.3. The van der Waals surface area contributed by atoms with Crippen LogP contribution in [0.3, 0.4) is 0 Å². The van der Waals surface area contributed by atoms with Crippen LogP contribution in [0.15, 0.2) is 72.3 Å². The smallest absolute Gasteiger partial charge is 0.0991 e. The van der Waals surface area contributed by atoms with Gasteiger partial charge in [-0.15, -0.1) is 0 Å². The molecule has 0 atom stereocenters. The van der Waals surface area contributed by atoms with Crippen LogP contribution < -0.4 is 0 Å². The molecule has 2 aromatic rings.